The number of thioether (sulfide) groups is 1. The molecular weight excluding hydrogens is 355 g/mol. The van der Waals surface area contributed by atoms with Crippen LogP contribution in [0.5, 0.6) is 0 Å². The summed E-state index contributed by atoms with van der Waals surface area (Å²) in [5.41, 5.74) is 4.75. The van der Waals surface area contributed by atoms with Gasteiger partial charge in [-0.2, -0.15) is 4.99 Å². The second-order valence-electron chi connectivity index (χ2n) is 3.44. The van der Waals surface area contributed by atoms with Crippen molar-refractivity contribution in [3.63, 3.8) is 0 Å². The first kappa shape index (κ1) is 17.2. The molecule has 12 heteroatoms. The highest BCUT2D eigenvalue weighted by molar-refractivity contribution is 8.14. The van der Waals surface area contributed by atoms with Crippen LogP contribution in [-0.2, 0) is 9.53 Å². The lowest BCUT2D eigenvalue weighted by Gasteiger charge is -2.10. The zero-order chi connectivity index (χ0) is 15.3. The minimum atomic E-state index is -1.72. The number of carbonyl (C=O) groups excluding carboxylic acids is 2. The largest absolute Gasteiger partial charge is 0.443 e. The van der Waals surface area contributed by atoms with E-state index >= 15 is 0 Å². The number of hydrogen-bond acceptors (Lipinski definition) is 6. The Labute approximate surface area is 132 Å². The van der Waals surface area contributed by atoms with Gasteiger partial charge in [0.15, 0.2) is 10.9 Å². The molecule has 0 aromatic rings. The fourth-order valence-corrected chi connectivity index (χ4v) is 2.25. The predicted molar refractivity (Wildman–Crippen MR) is 76.9 cm³/mol. The van der Waals surface area contributed by atoms with E-state index in [0.29, 0.717) is 5.75 Å². The summed E-state index contributed by atoms with van der Waals surface area (Å²) in [4.78, 5) is 25.8. The molecule has 112 valence electrons. The number of nitrogens with one attached hydrogen (secondary N) is 1. The summed E-state index contributed by atoms with van der Waals surface area (Å²) in [6, 6.07) is -0.651. The molecule has 2 amide bonds. The second kappa shape index (κ2) is 7.21. The lowest BCUT2D eigenvalue weighted by atomic mass is 10.2. The zero-order valence-corrected chi connectivity index (χ0v) is 12.8. The molecule has 1 unspecified atom stereocenters. The number of nitrogens with two attached hydrogens (primary N) is 1. The maximum Gasteiger partial charge on any atom is 0.436 e. The summed E-state index contributed by atoms with van der Waals surface area (Å²) >= 11 is 17.3. The molecule has 1 heterocycles. The van der Waals surface area contributed by atoms with Crippen LogP contribution in [0.2, 0.25) is 0 Å². The molecule has 1 aliphatic rings. The number of aliphatic imine (C=N–C) groups is 1. The molecule has 0 aromatic carbocycles. The average molecular weight is 364 g/mol. The van der Waals surface area contributed by atoms with Gasteiger partial charge in [-0.25, -0.2) is 4.79 Å². The van der Waals surface area contributed by atoms with Gasteiger partial charge in [0.05, 0.1) is 6.04 Å². The third-order valence-electron chi connectivity index (χ3n) is 1.93. The number of amides is 2. The Morgan fingerprint density at radius 1 is 1.55 bits per heavy atom. The summed E-state index contributed by atoms with van der Waals surface area (Å²) in [6.45, 7) is -0.452. The molecule has 1 aliphatic heterocycles. The van der Waals surface area contributed by atoms with E-state index in [0.717, 1.165) is 11.8 Å². The number of ether oxygens (including phenoxy) is 1. The molecule has 0 aliphatic carbocycles. The van der Waals surface area contributed by atoms with Crippen LogP contribution < -0.4 is 11.1 Å². The van der Waals surface area contributed by atoms with E-state index < -0.39 is 28.4 Å². The van der Waals surface area contributed by atoms with Crippen LogP contribution in [0.1, 0.15) is 0 Å². The Hall–Kier alpha value is -0.900. The highest BCUT2D eigenvalue weighted by atomic mass is 35.6. The monoisotopic (exact) mass is 362 g/mol. The van der Waals surface area contributed by atoms with Crippen LogP contribution in [0.4, 0.5) is 4.79 Å². The number of alkyl halides is 3. The molecule has 8 nitrogen and oxygen atoms in total. The fourth-order valence-electron chi connectivity index (χ4n) is 1.16. The lowest BCUT2D eigenvalue weighted by molar-refractivity contribution is -0.112. The van der Waals surface area contributed by atoms with Gasteiger partial charge in [0.25, 0.3) is 5.91 Å². The third-order valence-corrected chi connectivity index (χ3v) is 3.24. The van der Waals surface area contributed by atoms with Crippen LogP contribution in [0.3, 0.4) is 0 Å². The van der Waals surface area contributed by atoms with Crippen molar-refractivity contribution in [1.29, 1.82) is 0 Å². The molecule has 0 bridgehead atoms. The molecule has 1 atom stereocenters. The second-order valence-corrected chi connectivity index (χ2v) is 6.97. The van der Waals surface area contributed by atoms with Crippen LogP contribution in [0.15, 0.2) is 10.1 Å². The molecule has 20 heavy (non-hydrogen) atoms. The van der Waals surface area contributed by atoms with Crippen LogP contribution in [0, 0.1) is 0 Å². The molecule has 0 spiro atoms. The van der Waals surface area contributed by atoms with Gasteiger partial charge in [0.1, 0.15) is 6.61 Å². The van der Waals surface area contributed by atoms with Crippen molar-refractivity contribution in [1.82, 2.24) is 5.32 Å². The molecule has 0 aromatic heterocycles. The van der Waals surface area contributed by atoms with Crippen LogP contribution >= 0.6 is 46.6 Å². The van der Waals surface area contributed by atoms with Crippen molar-refractivity contribution in [2.75, 3.05) is 12.4 Å². The van der Waals surface area contributed by atoms with E-state index in [2.05, 4.69) is 20.2 Å². The number of nitrogens with zero attached hydrogens (tertiary/aromatic N) is 2. The van der Waals surface area contributed by atoms with Gasteiger partial charge in [-0.15, -0.1) is 0 Å². The van der Waals surface area contributed by atoms with Gasteiger partial charge < -0.3 is 21.0 Å². The predicted octanol–water partition coefficient (Wildman–Crippen LogP) is 0.870. The molecular formula is C8H9Cl3N4O4S. The van der Waals surface area contributed by atoms with E-state index in [1.807, 2.05) is 0 Å². The van der Waals surface area contributed by atoms with E-state index in [1.54, 1.807) is 0 Å². The van der Waals surface area contributed by atoms with Gasteiger partial charge in [0.2, 0.25) is 3.79 Å². The summed E-state index contributed by atoms with van der Waals surface area (Å²) < 4.78 is 2.87. The molecule has 1 rings (SSSR count). The quantitative estimate of drug-likeness (QED) is 0.295. The van der Waals surface area contributed by atoms with Crippen LogP contribution in [-0.4, -0.2) is 50.3 Å². The smallest absolute Gasteiger partial charge is 0.436 e. The van der Waals surface area contributed by atoms with Crippen LogP contribution in [0.25, 0.3) is 0 Å². The minimum absolute atomic E-state index is 0.173. The fraction of sp³-hybridized carbons (Fsp3) is 0.500. The SMILES string of the molecule is NC(=O)C(=NO)C1CSC(=NC(=O)OCC(Cl)(Cl)Cl)N1. The highest BCUT2D eigenvalue weighted by Gasteiger charge is 2.30. The first-order valence-corrected chi connectivity index (χ1v) is 7.08. The van der Waals surface area contributed by atoms with Crippen molar-refractivity contribution in [2.24, 2.45) is 15.9 Å². The highest BCUT2D eigenvalue weighted by Crippen LogP contribution is 2.26. The van der Waals surface area contributed by atoms with Gasteiger partial charge in [-0.1, -0.05) is 51.7 Å². The van der Waals surface area contributed by atoms with E-state index in [-0.39, 0.29) is 10.9 Å². The summed E-state index contributed by atoms with van der Waals surface area (Å²) in [5, 5.41) is 14.3. The molecule has 0 radical (unpaired) electrons. The summed E-state index contributed by atoms with van der Waals surface area (Å²) in [7, 11) is 0. The Morgan fingerprint density at radius 3 is 2.70 bits per heavy atom. The Bertz CT molecular complexity index is 465. The number of halogens is 3. The van der Waals surface area contributed by atoms with E-state index in [1.165, 1.54) is 0 Å². The van der Waals surface area contributed by atoms with Gasteiger partial charge in [-0.3, -0.25) is 4.79 Å². The first-order chi connectivity index (χ1) is 9.23. The minimum Gasteiger partial charge on any atom is -0.443 e. The normalized spacial score (nSPS) is 21.6. The first-order valence-electron chi connectivity index (χ1n) is 4.96. The Morgan fingerprint density at radius 2 is 2.20 bits per heavy atom. The zero-order valence-electron chi connectivity index (χ0n) is 9.68. The standard InChI is InChI=1S/C8H9Cl3N4O4S/c9-8(10,11)2-19-7(17)14-6-13-3(1-20-6)4(15-18)5(12)16/h3,18H,1-2H2,(H2,12,16)(H,13,14,17). The van der Waals surface area contributed by atoms with E-state index in [4.69, 9.17) is 45.7 Å². The van der Waals surface area contributed by atoms with Crippen molar-refractivity contribution < 1.29 is 19.5 Å². The Kier molecular flexibility index (Phi) is 6.18. The summed E-state index contributed by atoms with van der Waals surface area (Å²) in [5.74, 6) is -0.579. The van der Waals surface area contributed by atoms with E-state index in [9.17, 15) is 9.59 Å². The number of amidine groups is 1. The molecule has 4 N–H and O–H groups in total. The molecule has 1 saturated heterocycles. The third kappa shape index (κ3) is 5.61. The summed E-state index contributed by atoms with van der Waals surface area (Å²) in [6.07, 6.45) is -0.964. The number of hydrogen-bond donors (Lipinski definition) is 3. The Balaban J connectivity index is 2.57. The maximum absolute atomic E-state index is 11.3. The van der Waals surface area contributed by atoms with Gasteiger partial charge in [-0.05, 0) is 0 Å². The number of oxime groups is 1. The number of primary amides is 1. The van der Waals surface area contributed by atoms with Gasteiger partial charge in [0, 0.05) is 5.75 Å². The average Bonchev–Trinajstić information content (AvgIpc) is 2.74. The molecule has 1 fully saturated rings. The van der Waals surface area contributed by atoms with Crippen molar-refractivity contribution in [3.8, 4) is 0 Å². The number of rotatable bonds is 3. The van der Waals surface area contributed by atoms with Crippen molar-refractivity contribution in [2.45, 2.75) is 9.83 Å². The molecule has 0 saturated carbocycles. The maximum atomic E-state index is 11.3. The topological polar surface area (TPSA) is 126 Å². The lowest BCUT2D eigenvalue weighted by Crippen LogP contribution is -2.42. The van der Waals surface area contributed by atoms with Crippen molar-refractivity contribution >= 4 is 69.4 Å². The van der Waals surface area contributed by atoms with Crippen molar-refractivity contribution in [3.05, 3.63) is 0 Å². The van der Waals surface area contributed by atoms with Gasteiger partial charge >= 0.3 is 6.09 Å². The number of carbonyl (C=O) groups is 2.